The third-order valence-corrected chi connectivity index (χ3v) is 13.8. The van der Waals surface area contributed by atoms with Crippen LogP contribution in [0.1, 0.15) is 18.2 Å². The van der Waals surface area contributed by atoms with E-state index in [2.05, 4.69) is 139 Å². The number of allylic oxidation sites excluding steroid dienone is 1. The molecule has 0 spiro atoms. The highest BCUT2D eigenvalue weighted by Crippen LogP contribution is 2.45. The van der Waals surface area contributed by atoms with Gasteiger partial charge in [0.15, 0.2) is 17.5 Å². The van der Waals surface area contributed by atoms with Crippen LogP contribution in [0.15, 0.2) is 163 Å². The van der Waals surface area contributed by atoms with Gasteiger partial charge in [0.2, 0.25) is 0 Å². The molecule has 0 unspecified atom stereocenters. The van der Waals surface area contributed by atoms with Crippen molar-refractivity contribution in [2.45, 2.75) is 6.92 Å². The summed E-state index contributed by atoms with van der Waals surface area (Å²) in [6.07, 6.45) is 5.91. The summed E-state index contributed by atoms with van der Waals surface area (Å²) in [5.41, 5.74) is 8.14. The van der Waals surface area contributed by atoms with E-state index < -0.39 is 0 Å². The van der Waals surface area contributed by atoms with Gasteiger partial charge in [0.25, 0.3) is 0 Å². The first-order chi connectivity index (χ1) is 29.2. The van der Waals surface area contributed by atoms with Crippen LogP contribution in [0, 0.1) is 0 Å². The number of hydrogen-bond acceptors (Lipinski definition) is 6. The quantitative estimate of drug-likeness (QED) is 0.168. The Hall–Kier alpha value is -7.19. The summed E-state index contributed by atoms with van der Waals surface area (Å²) in [6.45, 7) is 6.12. The molecule has 7 heteroatoms. The van der Waals surface area contributed by atoms with Gasteiger partial charge in [-0.3, -0.25) is 0 Å². The molecular formula is C52H32N4OS2. The van der Waals surface area contributed by atoms with E-state index in [0.717, 1.165) is 71.2 Å². The predicted octanol–water partition coefficient (Wildman–Crippen LogP) is 15.1. The van der Waals surface area contributed by atoms with E-state index in [4.69, 9.17) is 19.4 Å². The van der Waals surface area contributed by atoms with E-state index in [1.54, 1.807) is 22.7 Å². The molecule has 0 atom stereocenters. The molecule has 12 aromatic rings. The van der Waals surface area contributed by atoms with Gasteiger partial charge in [-0.25, -0.2) is 15.0 Å². The third-order valence-electron chi connectivity index (χ3n) is 11.4. The first-order valence-electron chi connectivity index (χ1n) is 19.6. The molecule has 7 aromatic carbocycles. The summed E-state index contributed by atoms with van der Waals surface area (Å²) in [7, 11) is 0. The van der Waals surface area contributed by atoms with Crippen LogP contribution in [0.5, 0.6) is 0 Å². The molecule has 5 heterocycles. The van der Waals surface area contributed by atoms with Gasteiger partial charge in [-0.2, -0.15) is 0 Å². The van der Waals surface area contributed by atoms with Gasteiger partial charge in [0.1, 0.15) is 11.3 Å². The molecule has 5 aromatic heterocycles. The smallest absolute Gasteiger partial charge is 0.165 e. The second-order valence-corrected chi connectivity index (χ2v) is 16.8. The molecule has 12 rings (SSSR count). The van der Waals surface area contributed by atoms with Crippen molar-refractivity contribution in [3.63, 3.8) is 0 Å². The minimum atomic E-state index is 0.652. The molecule has 278 valence electrons. The van der Waals surface area contributed by atoms with Crippen LogP contribution < -0.4 is 0 Å². The first-order valence-corrected chi connectivity index (χ1v) is 21.2. The number of benzene rings is 7. The van der Waals surface area contributed by atoms with E-state index in [1.165, 1.54) is 35.6 Å². The lowest BCUT2D eigenvalue weighted by molar-refractivity contribution is 0.606. The van der Waals surface area contributed by atoms with Crippen LogP contribution in [-0.2, 0) is 0 Å². The highest BCUT2D eigenvalue weighted by molar-refractivity contribution is 7.26. The summed E-state index contributed by atoms with van der Waals surface area (Å²) >= 11 is 3.57. The Morgan fingerprint density at radius 3 is 1.95 bits per heavy atom. The van der Waals surface area contributed by atoms with Gasteiger partial charge < -0.3 is 8.98 Å². The molecule has 0 aliphatic rings. The molecule has 0 aliphatic carbocycles. The molecule has 0 amide bonds. The SMILES string of the molecule is C=Cc1c(/C=C\C)oc2c1ccc1c2c2ccccc2n1-c1ccc2sc3c(-c4nc(-c5ccccc5)nc(-c5cccc6c5sc5ccccc56)n4)cccc3c2c1. The van der Waals surface area contributed by atoms with Crippen molar-refractivity contribution < 1.29 is 4.42 Å². The average Bonchev–Trinajstić information content (AvgIpc) is 4.05. The van der Waals surface area contributed by atoms with E-state index in [-0.39, 0.29) is 0 Å². The monoisotopic (exact) mass is 792 g/mol. The maximum Gasteiger partial charge on any atom is 0.165 e. The number of nitrogens with zero attached hydrogens (tertiary/aromatic N) is 4. The molecule has 0 N–H and O–H groups in total. The standard InChI is InChI=1S/C52H32N4OS2/c1-3-14-43-32(4-2)34-26-27-42-46(47(34)57-43)37-18-8-10-23-41(37)56(42)31-25-28-45-40(29-31)36-20-13-22-39(49(36)59-45)52-54-50(30-15-6-5-7-16-30)53-51(55-52)38-21-12-19-35-33-17-9-11-24-44(33)58-48(35)38/h3-29H,2H2,1H3/b14-3-. The van der Waals surface area contributed by atoms with Gasteiger partial charge in [0, 0.05) is 79.1 Å². The van der Waals surface area contributed by atoms with E-state index >= 15 is 0 Å². The highest BCUT2D eigenvalue weighted by atomic mass is 32.1. The van der Waals surface area contributed by atoms with Gasteiger partial charge in [-0.1, -0.05) is 110 Å². The summed E-state index contributed by atoms with van der Waals surface area (Å²) in [5.74, 6) is 2.80. The zero-order valence-corrected chi connectivity index (χ0v) is 33.4. The zero-order valence-electron chi connectivity index (χ0n) is 31.8. The fraction of sp³-hybridized carbons (Fsp3) is 0.0192. The van der Waals surface area contributed by atoms with Crippen molar-refractivity contribution in [3.05, 3.63) is 170 Å². The lowest BCUT2D eigenvalue weighted by Gasteiger charge is -2.10. The van der Waals surface area contributed by atoms with Crippen LogP contribution >= 0.6 is 22.7 Å². The number of furan rings is 1. The molecular weight excluding hydrogens is 761 g/mol. The summed E-state index contributed by atoms with van der Waals surface area (Å²) in [6, 6.07) is 51.5. The fourth-order valence-corrected chi connectivity index (χ4v) is 11.2. The van der Waals surface area contributed by atoms with Gasteiger partial charge >= 0.3 is 0 Å². The van der Waals surface area contributed by atoms with Gasteiger partial charge in [-0.05, 0) is 67.6 Å². The summed E-state index contributed by atoms with van der Waals surface area (Å²) in [5, 5.41) is 8.12. The van der Waals surface area contributed by atoms with Crippen LogP contribution in [0.3, 0.4) is 0 Å². The van der Waals surface area contributed by atoms with E-state index in [0.29, 0.717) is 17.5 Å². The van der Waals surface area contributed by atoms with Crippen LogP contribution in [0.2, 0.25) is 0 Å². The number of para-hydroxylation sites is 1. The molecule has 0 fully saturated rings. The summed E-state index contributed by atoms with van der Waals surface area (Å²) < 4.78 is 13.7. The van der Waals surface area contributed by atoms with Gasteiger partial charge in [0.05, 0.1) is 16.4 Å². The molecule has 59 heavy (non-hydrogen) atoms. The van der Waals surface area contributed by atoms with Crippen LogP contribution in [-0.4, -0.2) is 19.5 Å². The first kappa shape index (κ1) is 33.9. The molecule has 0 radical (unpaired) electrons. The molecule has 0 saturated carbocycles. The average molecular weight is 793 g/mol. The molecule has 0 saturated heterocycles. The van der Waals surface area contributed by atoms with Crippen LogP contribution in [0.4, 0.5) is 0 Å². The van der Waals surface area contributed by atoms with Crippen molar-refractivity contribution in [1.82, 2.24) is 19.5 Å². The lowest BCUT2D eigenvalue weighted by Crippen LogP contribution is -2.00. The molecule has 0 aliphatic heterocycles. The predicted molar refractivity (Wildman–Crippen MR) is 251 cm³/mol. The topological polar surface area (TPSA) is 56.7 Å². The highest BCUT2D eigenvalue weighted by Gasteiger charge is 2.22. The Bertz CT molecular complexity index is 3720. The van der Waals surface area contributed by atoms with Crippen molar-refractivity contribution in [2.24, 2.45) is 0 Å². The third kappa shape index (κ3) is 5.12. The lowest BCUT2D eigenvalue weighted by atomic mass is 10.1. The largest absolute Gasteiger partial charge is 0.455 e. The fourth-order valence-electron chi connectivity index (χ4n) is 8.77. The van der Waals surface area contributed by atoms with Gasteiger partial charge in [-0.15, -0.1) is 22.7 Å². The van der Waals surface area contributed by atoms with Crippen molar-refractivity contribution >= 4 is 108 Å². The minimum Gasteiger partial charge on any atom is -0.455 e. The Balaban J connectivity index is 1.06. The number of rotatable bonds is 6. The van der Waals surface area contributed by atoms with Crippen molar-refractivity contribution in [1.29, 1.82) is 0 Å². The number of thiophene rings is 2. The zero-order chi connectivity index (χ0) is 39.2. The normalized spacial score (nSPS) is 12.2. The number of hydrogen-bond donors (Lipinski definition) is 0. The Kier molecular flexibility index (Phi) is 7.57. The summed E-state index contributed by atoms with van der Waals surface area (Å²) in [4.78, 5) is 15.6. The second-order valence-electron chi connectivity index (χ2n) is 14.7. The Morgan fingerprint density at radius 2 is 1.20 bits per heavy atom. The Morgan fingerprint density at radius 1 is 0.559 bits per heavy atom. The van der Waals surface area contributed by atoms with E-state index in [9.17, 15) is 0 Å². The maximum absolute atomic E-state index is 6.59. The van der Waals surface area contributed by atoms with E-state index in [1.807, 2.05) is 43.4 Å². The maximum atomic E-state index is 6.59. The second kappa shape index (κ2) is 13.2. The van der Waals surface area contributed by atoms with Crippen molar-refractivity contribution in [3.8, 4) is 39.9 Å². The minimum absolute atomic E-state index is 0.652. The van der Waals surface area contributed by atoms with Crippen molar-refractivity contribution in [2.75, 3.05) is 0 Å². The van der Waals surface area contributed by atoms with Crippen LogP contribution in [0.25, 0.3) is 125 Å². The Labute approximate surface area is 346 Å². The number of aromatic nitrogens is 4. The molecule has 5 nitrogen and oxygen atoms in total. The number of fused-ring (bicyclic) bond motifs is 11. The molecule has 0 bridgehead atoms.